The maximum absolute atomic E-state index is 13.3. The molecule has 34 heavy (non-hydrogen) atoms. The molecule has 2 heterocycles. The van der Waals surface area contributed by atoms with E-state index >= 15 is 0 Å². The molecule has 1 N–H and O–H groups in total. The van der Waals surface area contributed by atoms with Crippen molar-refractivity contribution in [3.05, 3.63) is 106 Å². The number of carbonyl (C=O) groups is 1. The quantitative estimate of drug-likeness (QED) is 0.402. The fraction of sp³-hybridized carbons (Fsp3) is 0.154. The molecule has 0 aliphatic rings. The number of halogens is 1. The summed E-state index contributed by atoms with van der Waals surface area (Å²) in [4.78, 5) is 25.7. The number of carbonyl (C=O) groups excluding carboxylic acids is 1. The molecule has 1 amide bonds. The largest absolute Gasteiger partial charge is 0.326 e. The fourth-order valence-corrected chi connectivity index (χ4v) is 4.05. The second-order valence-electron chi connectivity index (χ2n) is 8.02. The molecular weight excluding hydrogens is 433 g/mol. The van der Waals surface area contributed by atoms with Crippen LogP contribution in [0, 0.1) is 5.82 Å². The molecule has 7 nitrogen and oxygen atoms in total. The van der Waals surface area contributed by atoms with E-state index in [1.54, 1.807) is 10.6 Å². The maximum atomic E-state index is 13.3. The molecule has 5 rings (SSSR count). The first-order valence-corrected chi connectivity index (χ1v) is 11.0. The standard InChI is InChI=1S/C26H22FN5O2/c27-19-10-12-20(13-11-19)28-24(33)15-14-23-29-30-26-31(17-16-18-6-2-1-3-7-18)25(34)21-8-4-5-9-22(21)32(23)26/h1-13H,14-17H2,(H,28,33). The number of anilines is 1. The van der Waals surface area contributed by atoms with E-state index in [4.69, 9.17) is 0 Å². The molecule has 0 spiro atoms. The SMILES string of the molecule is O=C(CCc1nnc2n(CCc3ccccc3)c(=O)c3ccccc3n12)Nc1ccc(F)cc1. The maximum Gasteiger partial charge on any atom is 0.262 e. The lowest BCUT2D eigenvalue weighted by molar-refractivity contribution is -0.116. The van der Waals surface area contributed by atoms with Gasteiger partial charge in [0.15, 0.2) is 0 Å². The zero-order valence-corrected chi connectivity index (χ0v) is 18.3. The Labute approximate surface area is 194 Å². The topological polar surface area (TPSA) is 81.3 Å². The molecule has 3 aromatic carbocycles. The van der Waals surface area contributed by atoms with Crippen molar-refractivity contribution in [2.75, 3.05) is 5.32 Å². The molecule has 0 aliphatic heterocycles. The number of nitrogens with zero attached hydrogens (tertiary/aromatic N) is 4. The number of rotatable bonds is 7. The monoisotopic (exact) mass is 455 g/mol. The van der Waals surface area contributed by atoms with E-state index in [1.807, 2.05) is 52.9 Å². The van der Waals surface area contributed by atoms with E-state index < -0.39 is 0 Å². The second kappa shape index (κ2) is 9.27. The Kier molecular flexibility index (Phi) is 5.86. The van der Waals surface area contributed by atoms with Gasteiger partial charge >= 0.3 is 0 Å². The first kappa shape index (κ1) is 21.5. The van der Waals surface area contributed by atoms with E-state index in [1.165, 1.54) is 24.3 Å². The number of benzene rings is 3. The Bertz CT molecular complexity index is 1520. The molecule has 0 saturated carbocycles. The second-order valence-corrected chi connectivity index (χ2v) is 8.02. The van der Waals surface area contributed by atoms with Gasteiger partial charge in [0.05, 0.1) is 10.9 Å². The predicted octanol–water partition coefficient (Wildman–Crippen LogP) is 4.00. The first-order chi connectivity index (χ1) is 16.6. The minimum atomic E-state index is -0.363. The van der Waals surface area contributed by atoms with Crippen LogP contribution in [-0.2, 0) is 24.2 Å². The number of nitrogens with one attached hydrogen (secondary N) is 1. The molecular formula is C26H22FN5O2. The number of hydrogen-bond donors (Lipinski definition) is 1. The summed E-state index contributed by atoms with van der Waals surface area (Å²) in [6.07, 6.45) is 1.17. The molecule has 8 heteroatoms. The normalized spacial score (nSPS) is 11.2. The fourth-order valence-electron chi connectivity index (χ4n) is 4.05. The van der Waals surface area contributed by atoms with Gasteiger partial charge in [0, 0.05) is 25.1 Å². The lowest BCUT2D eigenvalue weighted by Gasteiger charge is -2.11. The van der Waals surface area contributed by atoms with Gasteiger partial charge in [0.25, 0.3) is 5.56 Å². The average molecular weight is 455 g/mol. The highest BCUT2D eigenvalue weighted by Gasteiger charge is 2.17. The third-order valence-electron chi connectivity index (χ3n) is 5.75. The van der Waals surface area contributed by atoms with Gasteiger partial charge in [-0.15, -0.1) is 10.2 Å². The van der Waals surface area contributed by atoms with Crippen LogP contribution in [0.3, 0.4) is 0 Å². The van der Waals surface area contributed by atoms with Gasteiger partial charge in [-0.2, -0.15) is 0 Å². The third-order valence-corrected chi connectivity index (χ3v) is 5.75. The Morgan fingerprint density at radius 3 is 2.41 bits per heavy atom. The summed E-state index contributed by atoms with van der Waals surface area (Å²) in [6, 6.07) is 22.9. The van der Waals surface area contributed by atoms with E-state index in [-0.39, 0.29) is 23.7 Å². The summed E-state index contributed by atoms with van der Waals surface area (Å²) in [6.45, 7) is 0.459. The van der Waals surface area contributed by atoms with E-state index in [2.05, 4.69) is 15.5 Å². The summed E-state index contributed by atoms with van der Waals surface area (Å²) in [7, 11) is 0. The van der Waals surface area contributed by atoms with Crippen molar-refractivity contribution in [3.8, 4) is 0 Å². The highest BCUT2D eigenvalue weighted by Crippen LogP contribution is 2.17. The molecule has 0 radical (unpaired) electrons. The highest BCUT2D eigenvalue weighted by molar-refractivity contribution is 5.90. The number of fused-ring (bicyclic) bond motifs is 3. The van der Waals surface area contributed by atoms with E-state index in [9.17, 15) is 14.0 Å². The minimum Gasteiger partial charge on any atom is -0.326 e. The van der Waals surface area contributed by atoms with Crippen LogP contribution in [0.1, 0.15) is 17.8 Å². The minimum absolute atomic E-state index is 0.118. The number of hydrogen-bond acceptors (Lipinski definition) is 4. The smallest absolute Gasteiger partial charge is 0.262 e. The van der Waals surface area contributed by atoms with Gasteiger partial charge < -0.3 is 5.32 Å². The van der Waals surface area contributed by atoms with Crippen LogP contribution in [0.2, 0.25) is 0 Å². The molecule has 0 atom stereocenters. The van der Waals surface area contributed by atoms with Crippen LogP contribution in [0.4, 0.5) is 10.1 Å². The molecule has 5 aromatic rings. The molecule has 0 fully saturated rings. The zero-order valence-electron chi connectivity index (χ0n) is 18.3. The van der Waals surface area contributed by atoms with Gasteiger partial charge in [0.2, 0.25) is 11.7 Å². The molecule has 0 bridgehead atoms. The van der Waals surface area contributed by atoms with Gasteiger partial charge in [-0.25, -0.2) is 4.39 Å². The van der Waals surface area contributed by atoms with Gasteiger partial charge in [-0.05, 0) is 48.4 Å². The summed E-state index contributed by atoms with van der Waals surface area (Å²) < 4.78 is 16.6. The van der Waals surface area contributed by atoms with Crippen molar-refractivity contribution in [2.24, 2.45) is 0 Å². The van der Waals surface area contributed by atoms with E-state index in [0.29, 0.717) is 47.6 Å². The summed E-state index contributed by atoms with van der Waals surface area (Å²) in [5, 5.41) is 12.0. The lowest BCUT2D eigenvalue weighted by atomic mass is 10.1. The van der Waals surface area contributed by atoms with Crippen LogP contribution >= 0.6 is 0 Å². The Balaban J connectivity index is 1.45. The molecule has 170 valence electrons. The van der Waals surface area contributed by atoms with Crippen molar-refractivity contribution in [1.82, 2.24) is 19.2 Å². The summed E-state index contributed by atoms with van der Waals surface area (Å²) >= 11 is 0. The molecule has 0 saturated heterocycles. The predicted molar refractivity (Wildman–Crippen MR) is 128 cm³/mol. The Morgan fingerprint density at radius 2 is 1.62 bits per heavy atom. The number of aryl methyl sites for hydroxylation is 3. The lowest BCUT2D eigenvalue weighted by Crippen LogP contribution is -2.24. The number of amides is 1. The summed E-state index contributed by atoms with van der Waals surface area (Å²) in [5.74, 6) is 0.464. The van der Waals surface area contributed by atoms with E-state index in [0.717, 1.165) is 5.56 Å². The third kappa shape index (κ3) is 4.30. The first-order valence-electron chi connectivity index (χ1n) is 11.0. The molecule has 2 aromatic heterocycles. The van der Waals surface area contributed by atoms with Crippen LogP contribution in [0.5, 0.6) is 0 Å². The number of aromatic nitrogens is 4. The summed E-state index contributed by atoms with van der Waals surface area (Å²) in [5.41, 5.74) is 2.24. The Hall–Kier alpha value is -4.33. The molecule has 0 unspecified atom stereocenters. The van der Waals surface area contributed by atoms with Crippen molar-refractivity contribution in [3.63, 3.8) is 0 Å². The van der Waals surface area contributed by atoms with Gasteiger partial charge in [-0.1, -0.05) is 42.5 Å². The highest BCUT2D eigenvalue weighted by atomic mass is 19.1. The average Bonchev–Trinajstić information content (AvgIpc) is 3.29. The van der Waals surface area contributed by atoms with Crippen molar-refractivity contribution in [2.45, 2.75) is 25.8 Å². The Morgan fingerprint density at radius 1 is 0.882 bits per heavy atom. The number of para-hydroxylation sites is 1. The van der Waals surface area contributed by atoms with Crippen molar-refractivity contribution < 1.29 is 9.18 Å². The van der Waals surface area contributed by atoms with Crippen LogP contribution in [0.15, 0.2) is 83.7 Å². The van der Waals surface area contributed by atoms with Crippen LogP contribution in [-0.4, -0.2) is 25.1 Å². The van der Waals surface area contributed by atoms with Gasteiger partial charge in [-0.3, -0.25) is 18.6 Å². The van der Waals surface area contributed by atoms with Crippen LogP contribution in [0.25, 0.3) is 16.7 Å². The van der Waals surface area contributed by atoms with Crippen molar-refractivity contribution in [1.29, 1.82) is 0 Å². The molecule has 0 aliphatic carbocycles. The zero-order chi connectivity index (χ0) is 23.5. The van der Waals surface area contributed by atoms with Crippen molar-refractivity contribution >= 4 is 28.3 Å². The van der Waals surface area contributed by atoms with Crippen LogP contribution < -0.4 is 10.9 Å². The van der Waals surface area contributed by atoms with Gasteiger partial charge in [0.1, 0.15) is 11.6 Å².